The molecule has 1 aromatic heterocycles. The first kappa shape index (κ1) is 13.9. The van der Waals surface area contributed by atoms with Crippen LogP contribution in [-0.4, -0.2) is 16.8 Å². The molecule has 1 aromatic rings. The van der Waals surface area contributed by atoms with Crippen molar-refractivity contribution in [3.8, 4) is 0 Å². The largest absolute Gasteiger partial charge is 0.374 e. The van der Waals surface area contributed by atoms with E-state index in [0.717, 1.165) is 5.69 Å². The lowest BCUT2D eigenvalue weighted by Crippen LogP contribution is -2.30. The van der Waals surface area contributed by atoms with Gasteiger partial charge in [-0.1, -0.05) is 6.07 Å². The van der Waals surface area contributed by atoms with E-state index in [1.807, 2.05) is 33.8 Å². The molecule has 1 heterocycles. The minimum atomic E-state index is -0.178. The highest BCUT2D eigenvalue weighted by atomic mass is 16.5. The van der Waals surface area contributed by atoms with Gasteiger partial charge in [-0.3, -0.25) is 4.79 Å². The summed E-state index contributed by atoms with van der Waals surface area (Å²) in [7, 11) is 0. The van der Waals surface area contributed by atoms with E-state index in [0.29, 0.717) is 18.7 Å². The molecular weight excluding hydrogens is 216 g/mol. The number of hydrogen-bond acceptors (Lipinski definition) is 3. The number of aryl methyl sites for hydroxylation is 1. The van der Waals surface area contributed by atoms with Gasteiger partial charge in [-0.25, -0.2) is 0 Å². The monoisotopic (exact) mass is 238 g/mol. The van der Waals surface area contributed by atoms with Gasteiger partial charge < -0.3 is 15.0 Å². The molecule has 0 fully saturated rings. The minimum absolute atomic E-state index is 0.00925. The van der Waals surface area contributed by atoms with Crippen molar-refractivity contribution in [2.24, 2.45) is 5.73 Å². The third-order valence-electron chi connectivity index (χ3n) is 2.54. The second kappa shape index (κ2) is 5.47. The predicted molar refractivity (Wildman–Crippen MR) is 69.0 cm³/mol. The smallest absolute Gasteiger partial charge is 0.255 e. The molecule has 0 amide bonds. The Balaban J connectivity index is 2.80. The first-order valence-electron chi connectivity index (χ1n) is 5.88. The lowest BCUT2D eigenvalue weighted by atomic mass is 10.2. The fourth-order valence-electron chi connectivity index (χ4n) is 1.59. The van der Waals surface area contributed by atoms with Crippen molar-refractivity contribution in [1.82, 2.24) is 4.57 Å². The van der Waals surface area contributed by atoms with Crippen LogP contribution in [0, 0.1) is 6.92 Å². The van der Waals surface area contributed by atoms with Gasteiger partial charge in [0.25, 0.3) is 5.56 Å². The number of hydrogen-bond donors (Lipinski definition) is 1. The molecule has 0 aliphatic rings. The molecule has 0 spiro atoms. The van der Waals surface area contributed by atoms with Crippen molar-refractivity contribution in [3.05, 3.63) is 33.7 Å². The number of rotatable bonds is 4. The van der Waals surface area contributed by atoms with Crippen LogP contribution >= 0.6 is 0 Å². The number of ether oxygens (including phenoxy) is 1. The zero-order valence-corrected chi connectivity index (χ0v) is 11.1. The Morgan fingerprint density at radius 3 is 2.53 bits per heavy atom. The third-order valence-corrected chi connectivity index (χ3v) is 2.54. The van der Waals surface area contributed by atoms with Crippen LogP contribution in [0.25, 0.3) is 0 Å². The summed E-state index contributed by atoms with van der Waals surface area (Å²) < 4.78 is 7.34. The van der Waals surface area contributed by atoms with Crippen LogP contribution < -0.4 is 11.3 Å². The van der Waals surface area contributed by atoms with Gasteiger partial charge >= 0.3 is 0 Å². The molecule has 17 heavy (non-hydrogen) atoms. The predicted octanol–water partition coefficient (Wildman–Crippen LogP) is 1.43. The summed E-state index contributed by atoms with van der Waals surface area (Å²) in [5, 5.41) is 0. The molecule has 4 nitrogen and oxygen atoms in total. The normalized spacial score (nSPS) is 11.8. The van der Waals surface area contributed by atoms with Gasteiger partial charge in [-0.2, -0.15) is 0 Å². The molecule has 0 atom stereocenters. The Hall–Kier alpha value is -1.13. The summed E-state index contributed by atoms with van der Waals surface area (Å²) in [5.74, 6) is 0. The summed E-state index contributed by atoms with van der Waals surface area (Å²) in [6, 6.07) is 3.71. The van der Waals surface area contributed by atoms with Crippen LogP contribution in [0.4, 0.5) is 0 Å². The molecule has 0 bridgehead atoms. The van der Waals surface area contributed by atoms with Crippen molar-refractivity contribution < 1.29 is 4.74 Å². The highest BCUT2D eigenvalue weighted by Crippen LogP contribution is 2.06. The first-order valence-corrected chi connectivity index (χ1v) is 5.88. The molecule has 2 N–H and O–H groups in total. The Morgan fingerprint density at radius 2 is 2.00 bits per heavy atom. The van der Waals surface area contributed by atoms with Crippen LogP contribution in [0.3, 0.4) is 0 Å². The third kappa shape index (κ3) is 3.98. The molecule has 0 aromatic carbocycles. The number of nitrogens with zero attached hydrogens (tertiary/aromatic N) is 1. The molecule has 0 saturated heterocycles. The quantitative estimate of drug-likeness (QED) is 0.863. The molecule has 0 radical (unpaired) electrons. The van der Waals surface area contributed by atoms with Gasteiger partial charge in [-0.05, 0) is 33.8 Å². The zero-order valence-electron chi connectivity index (χ0n) is 11.1. The Kier molecular flexibility index (Phi) is 4.48. The van der Waals surface area contributed by atoms with Crippen LogP contribution in [-0.2, 0) is 17.8 Å². The fraction of sp³-hybridized carbons (Fsp3) is 0.615. The average Bonchev–Trinajstić information content (AvgIpc) is 2.21. The van der Waals surface area contributed by atoms with E-state index < -0.39 is 0 Å². The fourth-order valence-corrected chi connectivity index (χ4v) is 1.59. The van der Waals surface area contributed by atoms with Crippen LogP contribution in [0.2, 0.25) is 0 Å². The lowest BCUT2D eigenvalue weighted by Gasteiger charge is -2.20. The Labute approximate surface area is 102 Å². The van der Waals surface area contributed by atoms with Gasteiger partial charge in [0.1, 0.15) is 0 Å². The molecule has 1 rings (SSSR count). The standard InChI is InChI=1S/C13H22N2O2/c1-10-5-6-11(9-14)12(16)15(10)7-8-17-13(2,3)4/h5-6H,7-9,14H2,1-4H3. The summed E-state index contributed by atoms with van der Waals surface area (Å²) in [4.78, 5) is 12.0. The van der Waals surface area contributed by atoms with Crippen molar-refractivity contribution in [1.29, 1.82) is 0 Å². The SMILES string of the molecule is Cc1ccc(CN)c(=O)n1CCOC(C)(C)C. The number of aromatic nitrogens is 1. The van der Waals surface area contributed by atoms with Gasteiger partial charge in [0, 0.05) is 24.3 Å². The van der Waals surface area contributed by atoms with Crippen LogP contribution in [0.1, 0.15) is 32.0 Å². The molecular formula is C13H22N2O2. The summed E-state index contributed by atoms with van der Waals surface area (Å²) in [6.07, 6.45) is 0. The van der Waals surface area contributed by atoms with Gasteiger partial charge in [-0.15, -0.1) is 0 Å². The molecule has 0 saturated carbocycles. The van der Waals surface area contributed by atoms with Crippen molar-refractivity contribution in [2.75, 3.05) is 6.61 Å². The Bertz CT molecular complexity index is 430. The number of nitrogens with two attached hydrogens (primary N) is 1. The summed E-state index contributed by atoms with van der Waals surface area (Å²) in [6.45, 7) is 9.28. The van der Waals surface area contributed by atoms with E-state index in [2.05, 4.69) is 0 Å². The molecule has 0 aliphatic carbocycles. The maximum absolute atomic E-state index is 12.0. The summed E-state index contributed by atoms with van der Waals surface area (Å²) >= 11 is 0. The van der Waals surface area contributed by atoms with Crippen LogP contribution in [0.15, 0.2) is 16.9 Å². The lowest BCUT2D eigenvalue weighted by molar-refractivity contribution is -0.00732. The molecule has 4 heteroatoms. The van der Waals surface area contributed by atoms with Crippen molar-refractivity contribution in [3.63, 3.8) is 0 Å². The van der Waals surface area contributed by atoms with Crippen molar-refractivity contribution >= 4 is 0 Å². The maximum atomic E-state index is 12.0. The van der Waals surface area contributed by atoms with E-state index in [1.54, 1.807) is 10.6 Å². The van der Waals surface area contributed by atoms with E-state index in [-0.39, 0.29) is 17.7 Å². The van der Waals surface area contributed by atoms with Gasteiger partial charge in [0.15, 0.2) is 0 Å². The van der Waals surface area contributed by atoms with E-state index >= 15 is 0 Å². The molecule has 0 aliphatic heterocycles. The van der Waals surface area contributed by atoms with Crippen LogP contribution in [0.5, 0.6) is 0 Å². The van der Waals surface area contributed by atoms with E-state index in [9.17, 15) is 4.79 Å². The maximum Gasteiger partial charge on any atom is 0.255 e. The van der Waals surface area contributed by atoms with Gasteiger partial charge in [0.05, 0.1) is 12.2 Å². The average molecular weight is 238 g/mol. The highest BCUT2D eigenvalue weighted by molar-refractivity contribution is 5.15. The second-order valence-corrected chi connectivity index (χ2v) is 5.12. The molecule has 0 unspecified atom stereocenters. The van der Waals surface area contributed by atoms with E-state index in [1.165, 1.54) is 0 Å². The first-order chi connectivity index (χ1) is 7.85. The van der Waals surface area contributed by atoms with E-state index in [4.69, 9.17) is 10.5 Å². The second-order valence-electron chi connectivity index (χ2n) is 5.12. The topological polar surface area (TPSA) is 57.2 Å². The number of pyridine rings is 1. The highest BCUT2D eigenvalue weighted by Gasteiger charge is 2.11. The zero-order chi connectivity index (χ0) is 13.1. The van der Waals surface area contributed by atoms with Gasteiger partial charge in [0.2, 0.25) is 0 Å². The summed E-state index contributed by atoms with van der Waals surface area (Å²) in [5.41, 5.74) is 6.92. The van der Waals surface area contributed by atoms with Crippen molar-refractivity contribution in [2.45, 2.75) is 46.4 Å². The molecule has 96 valence electrons. The minimum Gasteiger partial charge on any atom is -0.374 e. The Morgan fingerprint density at radius 1 is 1.35 bits per heavy atom.